The number of nitrogens with zero attached hydrogens (tertiary/aromatic N) is 1. The van der Waals surface area contributed by atoms with Crippen molar-refractivity contribution in [3.8, 4) is 0 Å². The van der Waals surface area contributed by atoms with Gasteiger partial charge in [0.25, 0.3) is 0 Å². The van der Waals surface area contributed by atoms with Crippen LogP contribution in [0.5, 0.6) is 0 Å². The van der Waals surface area contributed by atoms with Crippen molar-refractivity contribution in [3.63, 3.8) is 0 Å². The van der Waals surface area contributed by atoms with Crippen molar-refractivity contribution in [1.82, 2.24) is 15.5 Å². The molecule has 0 spiro atoms. The molecule has 9 heteroatoms. The van der Waals surface area contributed by atoms with Gasteiger partial charge in [0, 0.05) is 18.7 Å². The van der Waals surface area contributed by atoms with Gasteiger partial charge in [0.05, 0.1) is 12.6 Å². The van der Waals surface area contributed by atoms with Crippen LogP contribution in [0.4, 0.5) is 0 Å². The fourth-order valence-corrected chi connectivity index (χ4v) is 4.33. The fourth-order valence-electron chi connectivity index (χ4n) is 4.33. The summed E-state index contributed by atoms with van der Waals surface area (Å²) in [6.07, 6.45) is 5.59. The van der Waals surface area contributed by atoms with Crippen LogP contribution in [0.1, 0.15) is 49.7 Å². The van der Waals surface area contributed by atoms with Crippen molar-refractivity contribution in [2.45, 2.75) is 57.2 Å². The molecule has 1 heterocycles. The van der Waals surface area contributed by atoms with E-state index in [2.05, 4.69) is 10.6 Å². The summed E-state index contributed by atoms with van der Waals surface area (Å²) in [4.78, 5) is 38.5. The Labute approximate surface area is 181 Å². The van der Waals surface area contributed by atoms with Crippen molar-refractivity contribution < 1.29 is 19.5 Å². The van der Waals surface area contributed by atoms with Crippen LogP contribution in [0.2, 0.25) is 0 Å². The average molecular weight is 430 g/mol. The maximum Gasteiger partial charge on any atom is 0.317 e. The number of hydrogen-bond acceptors (Lipinski definition) is 5. The van der Waals surface area contributed by atoms with Gasteiger partial charge in [-0.25, -0.2) is 0 Å². The number of carboxylic acids is 1. The van der Waals surface area contributed by atoms with Crippen LogP contribution in [-0.2, 0) is 20.9 Å². The lowest BCUT2D eigenvalue weighted by Crippen LogP contribution is -2.63. The first kappa shape index (κ1) is 22.7. The minimum atomic E-state index is -0.998. The smallest absolute Gasteiger partial charge is 0.317 e. The highest BCUT2D eigenvalue weighted by molar-refractivity contribution is 5.95. The summed E-state index contributed by atoms with van der Waals surface area (Å²) in [5, 5.41) is 22.3. The normalized spacial score (nSPS) is 19.9. The van der Waals surface area contributed by atoms with E-state index in [1.807, 2.05) is 0 Å². The number of likely N-dealkylation sites (tertiary alicyclic amines) is 1. The molecule has 1 saturated heterocycles. The molecular formula is C22H31N5O4. The molecule has 2 fully saturated rings. The summed E-state index contributed by atoms with van der Waals surface area (Å²) in [5.74, 6) is -1.29. The fraction of sp³-hybridized carbons (Fsp3) is 0.545. The van der Waals surface area contributed by atoms with Gasteiger partial charge in [0.15, 0.2) is 0 Å². The number of benzene rings is 1. The number of nitrogens with one attached hydrogen (secondary N) is 3. The number of nitrogen functional groups attached to an aromatic ring is 1. The van der Waals surface area contributed by atoms with Crippen LogP contribution >= 0.6 is 0 Å². The molecule has 2 amide bonds. The number of carboxylic acid groups (broad SMARTS) is 1. The monoisotopic (exact) mass is 429 g/mol. The molecule has 1 aromatic carbocycles. The SMILES string of the molecule is N=C(N)c1ccc(CNC(=O)C2CCN2C(=O)C(NCC(=O)O)C2CCCCC2)cc1. The second-order valence-electron chi connectivity index (χ2n) is 8.31. The minimum Gasteiger partial charge on any atom is -0.480 e. The molecule has 0 bridgehead atoms. The van der Waals surface area contributed by atoms with Crippen LogP contribution in [0.25, 0.3) is 0 Å². The molecule has 6 N–H and O–H groups in total. The molecule has 9 nitrogen and oxygen atoms in total. The van der Waals surface area contributed by atoms with Gasteiger partial charge in [-0.05, 0) is 30.7 Å². The van der Waals surface area contributed by atoms with E-state index >= 15 is 0 Å². The van der Waals surface area contributed by atoms with Gasteiger partial charge < -0.3 is 21.1 Å². The summed E-state index contributed by atoms with van der Waals surface area (Å²) in [6, 6.07) is 5.97. The molecule has 1 aliphatic carbocycles. The summed E-state index contributed by atoms with van der Waals surface area (Å²) in [6.45, 7) is 0.551. The van der Waals surface area contributed by atoms with Gasteiger partial charge in [-0.2, -0.15) is 0 Å². The second kappa shape index (κ2) is 10.4. The van der Waals surface area contributed by atoms with E-state index in [0.29, 0.717) is 25.1 Å². The highest BCUT2D eigenvalue weighted by Crippen LogP contribution is 2.29. The van der Waals surface area contributed by atoms with Crippen molar-refractivity contribution >= 4 is 23.6 Å². The highest BCUT2D eigenvalue weighted by atomic mass is 16.4. The lowest BCUT2D eigenvalue weighted by Gasteiger charge is -2.43. The third kappa shape index (κ3) is 5.81. The maximum absolute atomic E-state index is 13.2. The standard InChI is InChI=1S/C22H31N5O4/c23-20(24)16-8-6-14(7-9-16)12-26-21(30)17-10-11-27(17)22(31)19(25-13-18(28)29)15-4-2-1-3-5-15/h6-9,15,17,19,25H,1-5,10-13H2,(H3,23,24)(H,26,30)(H,28,29). The molecule has 2 aliphatic rings. The Hall–Kier alpha value is -2.94. The van der Waals surface area contributed by atoms with Gasteiger partial charge in [0.2, 0.25) is 11.8 Å². The van der Waals surface area contributed by atoms with Crippen LogP contribution in [-0.4, -0.2) is 58.8 Å². The number of amidine groups is 1. The molecular weight excluding hydrogens is 398 g/mol. The lowest BCUT2D eigenvalue weighted by atomic mass is 9.82. The Morgan fingerprint density at radius 1 is 1.13 bits per heavy atom. The third-order valence-corrected chi connectivity index (χ3v) is 6.20. The Morgan fingerprint density at radius 2 is 1.81 bits per heavy atom. The van der Waals surface area contributed by atoms with Crippen molar-refractivity contribution in [3.05, 3.63) is 35.4 Å². The van der Waals surface area contributed by atoms with E-state index in [0.717, 1.165) is 37.7 Å². The van der Waals surface area contributed by atoms with Crippen LogP contribution < -0.4 is 16.4 Å². The molecule has 2 unspecified atom stereocenters. The number of carbonyl (C=O) groups is 3. The summed E-state index contributed by atoms with van der Waals surface area (Å²) >= 11 is 0. The molecule has 2 atom stereocenters. The van der Waals surface area contributed by atoms with Crippen LogP contribution in [0, 0.1) is 11.3 Å². The third-order valence-electron chi connectivity index (χ3n) is 6.20. The highest BCUT2D eigenvalue weighted by Gasteiger charge is 2.42. The Bertz CT molecular complexity index is 820. The van der Waals surface area contributed by atoms with Gasteiger partial charge in [0.1, 0.15) is 11.9 Å². The molecule has 3 rings (SSSR count). The number of rotatable bonds is 9. The van der Waals surface area contributed by atoms with Gasteiger partial charge in [-0.15, -0.1) is 0 Å². The Morgan fingerprint density at radius 3 is 2.35 bits per heavy atom. The molecule has 1 saturated carbocycles. The Balaban J connectivity index is 1.58. The number of nitrogens with two attached hydrogens (primary N) is 1. The summed E-state index contributed by atoms with van der Waals surface area (Å²) in [5.41, 5.74) is 6.94. The van der Waals surface area contributed by atoms with E-state index < -0.39 is 18.1 Å². The molecule has 1 aromatic rings. The van der Waals surface area contributed by atoms with E-state index in [1.165, 1.54) is 0 Å². The second-order valence-corrected chi connectivity index (χ2v) is 8.31. The van der Waals surface area contributed by atoms with Crippen LogP contribution in [0.3, 0.4) is 0 Å². The zero-order chi connectivity index (χ0) is 22.4. The number of amides is 2. The molecule has 0 aromatic heterocycles. The van der Waals surface area contributed by atoms with E-state index in [4.69, 9.17) is 16.2 Å². The average Bonchev–Trinajstić information content (AvgIpc) is 2.72. The zero-order valence-electron chi connectivity index (χ0n) is 17.6. The summed E-state index contributed by atoms with van der Waals surface area (Å²) in [7, 11) is 0. The Kier molecular flexibility index (Phi) is 7.62. The number of carbonyl (C=O) groups excluding carboxylic acids is 2. The quantitative estimate of drug-likeness (QED) is 0.290. The lowest BCUT2D eigenvalue weighted by molar-refractivity contribution is -0.150. The minimum absolute atomic E-state index is 0.0109. The van der Waals surface area contributed by atoms with E-state index in [-0.39, 0.29) is 30.1 Å². The predicted octanol–water partition coefficient (Wildman–Crippen LogP) is 0.811. The zero-order valence-corrected chi connectivity index (χ0v) is 17.6. The number of hydrogen-bond donors (Lipinski definition) is 5. The van der Waals surface area contributed by atoms with Crippen molar-refractivity contribution in [1.29, 1.82) is 5.41 Å². The number of aliphatic carboxylic acids is 1. The molecule has 1 aliphatic heterocycles. The molecule has 31 heavy (non-hydrogen) atoms. The van der Waals surface area contributed by atoms with Gasteiger partial charge in [-0.3, -0.25) is 25.1 Å². The predicted molar refractivity (Wildman–Crippen MR) is 115 cm³/mol. The van der Waals surface area contributed by atoms with E-state index in [1.54, 1.807) is 29.2 Å². The van der Waals surface area contributed by atoms with Gasteiger partial charge in [-0.1, -0.05) is 43.5 Å². The van der Waals surface area contributed by atoms with Crippen LogP contribution in [0.15, 0.2) is 24.3 Å². The maximum atomic E-state index is 13.2. The molecule has 0 radical (unpaired) electrons. The van der Waals surface area contributed by atoms with E-state index in [9.17, 15) is 14.4 Å². The van der Waals surface area contributed by atoms with Crippen molar-refractivity contribution in [2.75, 3.05) is 13.1 Å². The first-order chi connectivity index (χ1) is 14.9. The first-order valence-corrected chi connectivity index (χ1v) is 10.8. The molecule has 168 valence electrons. The van der Waals surface area contributed by atoms with Gasteiger partial charge >= 0.3 is 5.97 Å². The topological polar surface area (TPSA) is 149 Å². The largest absolute Gasteiger partial charge is 0.480 e. The van der Waals surface area contributed by atoms with Crippen molar-refractivity contribution in [2.24, 2.45) is 11.7 Å². The summed E-state index contributed by atoms with van der Waals surface area (Å²) < 4.78 is 0. The first-order valence-electron chi connectivity index (χ1n) is 10.8.